The van der Waals surface area contributed by atoms with Crippen molar-refractivity contribution in [3.8, 4) is 11.5 Å². The molecule has 31 heavy (non-hydrogen) atoms. The van der Waals surface area contributed by atoms with Crippen LogP contribution in [0.2, 0.25) is 0 Å². The number of carbonyl (C=O) groups excluding carboxylic acids is 1. The van der Waals surface area contributed by atoms with Crippen LogP contribution < -0.4 is 9.47 Å². The predicted molar refractivity (Wildman–Crippen MR) is 115 cm³/mol. The van der Waals surface area contributed by atoms with Crippen LogP contribution >= 0.6 is 0 Å². The van der Waals surface area contributed by atoms with E-state index in [0.29, 0.717) is 44.2 Å². The lowest BCUT2D eigenvalue weighted by Crippen LogP contribution is -2.32. The first-order valence-corrected chi connectivity index (χ1v) is 10.1. The monoisotopic (exact) mass is 421 g/mol. The summed E-state index contributed by atoms with van der Waals surface area (Å²) in [7, 11) is 1.58. The topological polar surface area (TPSA) is 48.0 Å². The molecule has 0 fully saturated rings. The molecular formula is C25H24FNO4. The predicted octanol–water partition coefficient (Wildman–Crippen LogP) is 4.59. The van der Waals surface area contributed by atoms with E-state index in [2.05, 4.69) is 0 Å². The van der Waals surface area contributed by atoms with Gasteiger partial charge in [0, 0.05) is 17.7 Å². The normalized spacial score (nSPS) is 13.2. The van der Waals surface area contributed by atoms with E-state index in [0.717, 1.165) is 22.4 Å². The molecule has 0 saturated carbocycles. The Morgan fingerprint density at radius 2 is 1.81 bits per heavy atom. The SMILES string of the molecule is COc1cccc(C(=O)N2CCOc3ccc(COCc4ccc(F)cc4)cc3C2)c1. The van der Waals surface area contributed by atoms with Gasteiger partial charge in [-0.05, 0) is 53.6 Å². The second-order valence-electron chi connectivity index (χ2n) is 7.37. The van der Waals surface area contributed by atoms with Crippen LogP contribution in [-0.2, 0) is 24.5 Å². The number of halogens is 1. The van der Waals surface area contributed by atoms with E-state index in [1.165, 1.54) is 12.1 Å². The Morgan fingerprint density at radius 1 is 1.03 bits per heavy atom. The summed E-state index contributed by atoms with van der Waals surface area (Å²) < 4.78 is 29.9. The molecule has 0 saturated heterocycles. The molecule has 0 N–H and O–H groups in total. The Kier molecular flexibility index (Phi) is 6.48. The number of methoxy groups -OCH3 is 1. The smallest absolute Gasteiger partial charge is 0.254 e. The Bertz CT molecular complexity index is 1050. The summed E-state index contributed by atoms with van der Waals surface area (Å²) >= 11 is 0. The number of amides is 1. The first kappa shape index (κ1) is 20.9. The number of benzene rings is 3. The van der Waals surface area contributed by atoms with E-state index >= 15 is 0 Å². The van der Waals surface area contributed by atoms with Crippen molar-refractivity contribution in [1.29, 1.82) is 0 Å². The number of hydrogen-bond acceptors (Lipinski definition) is 4. The molecule has 3 aromatic carbocycles. The van der Waals surface area contributed by atoms with Crippen LogP contribution in [0.5, 0.6) is 11.5 Å². The van der Waals surface area contributed by atoms with E-state index < -0.39 is 0 Å². The summed E-state index contributed by atoms with van der Waals surface area (Å²) in [4.78, 5) is 14.8. The summed E-state index contributed by atoms with van der Waals surface area (Å²) in [6.07, 6.45) is 0. The first-order chi connectivity index (χ1) is 15.1. The van der Waals surface area contributed by atoms with E-state index in [9.17, 15) is 9.18 Å². The second kappa shape index (κ2) is 9.62. The van der Waals surface area contributed by atoms with Gasteiger partial charge in [-0.2, -0.15) is 0 Å². The molecule has 1 aliphatic heterocycles. The van der Waals surface area contributed by atoms with Gasteiger partial charge >= 0.3 is 0 Å². The number of nitrogens with zero attached hydrogens (tertiary/aromatic N) is 1. The zero-order chi connectivity index (χ0) is 21.6. The minimum Gasteiger partial charge on any atom is -0.497 e. The molecule has 4 rings (SSSR count). The van der Waals surface area contributed by atoms with E-state index in [1.807, 2.05) is 30.3 Å². The molecule has 160 valence electrons. The highest BCUT2D eigenvalue weighted by Crippen LogP contribution is 2.26. The van der Waals surface area contributed by atoms with Crippen molar-refractivity contribution in [1.82, 2.24) is 4.90 Å². The number of hydrogen-bond donors (Lipinski definition) is 0. The van der Waals surface area contributed by atoms with Gasteiger partial charge in [0.2, 0.25) is 0 Å². The maximum Gasteiger partial charge on any atom is 0.254 e. The molecule has 0 aliphatic carbocycles. The van der Waals surface area contributed by atoms with E-state index in [1.54, 1.807) is 36.3 Å². The summed E-state index contributed by atoms with van der Waals surface area (Å²) in [6, 6.07) is 19.3. The molecular weight excluding hydrogens is 397 g/mol. The molecule has 5 nitrogen and oxygen atoms in total. The van der Waals surface area contributed by atoms with Gasteiger partial charge < -0.3 is 19.1 Å². The van der Waals surface area contributed by atoms with Gasteiger partial charge in [-0.25, -0.2) is 4.39 Å². The Morgan fingerprint density at radius 3 is 2.61 bits per heavy atom. The highest BCUT2D eigenvalue weighted by Gasteiger charge is 2.21. The van der Waals surface area contributed by atoms with E-state index in [4.69, 9.17) is 14.2 Å². The van der Waals surface area contributed by atoms with Crippen molar-refractivity contribution in [3.05, 3.63) is 94.8 Å². The van der Waals surface area contributed by atoms with Gasteiger partial charge in [0.15, 0.2) is 0 Å². The third kappa shape index (κ3) is 5.22. The lowest BCUT2D eigenvalue weighted by Gasteiger charge is -2.20. The molecule has 0 aromatic heterocycles. The fourth-order valence-corrected chi connectivity index (χ4v) is 3.52. The summed E-state index contributed by atoms with van der Waals surface area (Å²) in [5, 5.41) is 0. The summed E-state index contributed by atoms with van der Waals surface area (Å²) in [6.45, 7) is 2.20. The third-order valence-corrected chi connectivity index (χ3v) is 5.16. The quantitative estimate of drug-likeness (QED) is 0.584. The van der Waals surface area contributed by atoms with Crippen LogP contribution in [0, 0.1) is 5.82 Å². The molecule has 1 heterocycles. The average Bonchev–Trinajstić information content (AvgIpc) is 3.02. The molecule has 0 bridgehead atoms. The van der Waals surface area contributed by atoms with Crippen LogP contribution in [0.15, 0.2) is 66.7 Å². The van der Waals surface area contributed by atoms with Crippen LogP contribution in [0.3, 0.4) is 0 Å². The summed E-state index contributed by atoms with van der Waals surface area (Å²) in [5.41, 5.74) is 3.42. The van der Waals surface area contributed by atoms with Gasteiger partial charge in [-0.15, -0.1) is 0 Å². The minimum absolute atomic E-state index is 0.0617. The van der Waals surface area contributed by atoms with Gasteiger partial charge in [0.05, 0.1) is 26.9 Å². The Balaban J connectivity index is 1.43. The maximum absolute atomic E-state index is 13.0. The maximum atomic E-state index is 13.0. The van der Waals surface area contributed by atoms with Crippen LogP contribution in [0.4, 0.5) is 4.39 Å². The molecule has 0 atom stereocenters. The van der Waals surface area contributed by atoms with E-state index in [-0.39, 0.29) is 11.7 Å². The molecule has 0 radical (unpaired) electrons. The van der Waals surface area contributed by atoms with Gasteiger partial charge in [0.25, 0.3) is 5.91 Å². The van der Waals surface area contributed by atoms with Crippen molar-refractivity contribution in [2.45, 2.75) is 19.8 Å². The molecule has 0 unspecified atom stereocenters. The van der Waals surface area contributed by atoms with Crippen molar-refractivity contribution in [2.24, 2.45) is 0 Å². The molecule has 6 heteroatoms. The largest absolute Gasteiger partial charge is 0.497 e. The first-order valence-electron chi connectivity index (χ1n) is 10.1. The van der Waals surface area contributed by atoms with Crippen molar-refractivity contribution >= 4 is 5.91 Å². The van der Waals surface area contributed by atoms with Crippen molar-refractivity contribution in [2.75, 3.05) is 20.3 Å². The van der Waals surface area contributed by atoms with Crippen LogP contribution in [-0.4, -0.2) is 31.1 Å². The van der Waals surface area contributed by atoms with Crippen LogP contribution in [0.25, 0.3) is 0 Å². The second-order valence-corrected chi connectivity index (χ2v) is 7.37. The number of carbonyl (C=O) groups is 1. The third-order valence-electron chi connectivity index (χ3n) is 5.16. The highest BCUT2D eigenvalue weighted by molar-refractivity contribution is 5.94. The zero-order valence-corrected chi connectivity index (χ0v) is 17.3. The minimum atomic E-state index is -0.262. The number of fused-ring (bicyclic) bond motifs is 1. The molecule has 1 aliphatic rings. The van der Waals surface area contributed by atoms with Crippen LogP contribution in [0.1, 0.15) is 27.0 Å². The van der Waals surface area contributed by atoms with Gasteiger partial charge in [-0.1, -0.05) is 24.3 Å². The lowest BCUT2D eigenvalue weighted by molar-refractivity contribution is 0.0732. The number of ether oxygens (including phenoxy) is 3. The summed E-state index contributed by atoms with van der Waals surface area (Å²) in [5.74, 6) is 1.11. The fourth-order valence-electron chi connectivity index (χ4n) is 3.52. The standard InChI is InChI=1S/C25H24FNO4/c1-29-23-4-2-3-20(14-23)25(28)27-11-12-31-24-10-7-19(13-21(24)15-27)17-30-16-18-5-8-22(26)9-6-18/h2-10,13-14H,11-12,15-17H2,1H3. The Labute approximate surface area is 181 Å². The molecule has 0 spiro atoms. The number of rotatable bonds is 6. The highest BCUT2D eigenvalue weighted by atomic mass is 19.1. The Hall–Kier alpha value is -3.38. The van der Waals surface area contributed by atoms with Gasteiger partial charge in [-0.3, -0.25) is 4.79 Å². The van der Waals surface area contributed by atoms with Crippen molar-refractivity contribution in [3.63, 3.8) is 0 Å². The van der Waals surface area contributed by atoms with Crippen molar-refractivity contribution < 1.29 is 23.4 Å². The lowest BCUT2D eigenvalue weighted by atomic mass is 10.1. The fraction of sp³-hybridized carbons (Fsp3) is 0.240. The zero-order valence-electron chi connectivity index (χ0n) is 17.3. The molecule has 1 amide bonds. The van der Waals surface area contributed by atoms with Gasteiger partial charge in [0.1, 0.15) is 23.9 Å². The molecule has 3 aromatic rings. The average molecular weight is 421 g/mol.